The molecule has 102 valence electrons. The summed E-state index contributed by atoms with van der Waals surface area (Å²) in [6.45, 7) is 12.7. The van der Waals surface area contributed by atoms with E-state index < -0.39 is 0 Å². The van der Waals surface area contributed by atoms with E-state index in [2.05, 4.69) is 62.9 Å². The van der Waals surface area contributed by atoms with Crippen LogP contribution in [0.5, 0.6) is 0 Å². The highest BCUT2D eigenvalue weighted by Crippen LogP contribution is 2.34. The molecule has 0 heterocycles. The molecule has 19 heavy (non-hydrogen) atoms. The van der Waals surface area contributed by atoms with Gasteiger partial charge in [-0.2, -0.15) is 0 Å². The lowest BCUT2D eigenvalue weighted by Crippen LogP contribution is -2.04. The van der Waals surface area contributed by atoms with Crippen LogP contribution in [0.2, 0.25) is 0 Å². The highest BCUT2D eigenvalue weighted by atomic mass is 14.2. The third kappa shape index (κ3) is 3.70. The molecule has 0 amide bonds. The van der Waals surface area contributed by atoms with E-state index in [0.29, 0.717) is 5.92 Å². The van der Waals surface area contributed by atoms with Gasteiger partial charge in [0.1, 0.15) is 0 Å². The molecule has 0 fully saturated rings. The summed E-state index contributed by atoms with van der Waals surface area (Å²) in [5, 5.41) is 0. The van der Waals surface area contributed by atoms with E-state index in [4.69, 9.17) is 0 Å². The van der Waals surface area contributed by atoms with Crippen LogP contribution in [0.15, 0.2) is 60.2 Å². The van der Waals surface area contributed by atoms with Gasteiger partial charge in [0.15, 0.2) is 0 Å². The minimum absolute atomic E-state index is 0.461. The van der Waals surface area contributed by atoms with E-state index in [1.807, 2.05) is 13.8 Å². The molecule has 0 aliphatic heterocycles. The number of hydrogen-bond donors (Lipinski definition) is 0. The van der Waals surface area contributed by atoms with Crippen molar-refractivity contribution in [2.75, 3.05) is 0 Å². The van der Waals surface area contributed by atoms with E-state index in [0.717, 1.165) is 12.8 Å². The Hall–Kier alpha value is -1.56. The fourth-order valence-corrected chi connectivity index (χ4v) is 2.50. The van der Waals surface area contributed by atoms with Gasteiger partial charge in [0.25, 0.3) is 0 Å². The van der Waals surface area contributed by atoms with Gasteiger partial charge in [0, 0.05) is 5.92 Å². The Morgan fingerprint density at radius 3 is 2.58 bits per heavy atom. The first kappa shape index (κ1) is 15.5. The topological polar surface area (TPSA) is 0 Å². The third-order valence-corrected chi connectivity index (χ3v) is 3.59. The summed E-state index contributed by atoms with van der Waals surface area (Å²) in [4.78, 5) is 0. The van der Waals surface area contributed by atoms with Crippen molar-refractivity contribution in [3.05, 3.63) is 71.3 Å². The van der Waals surface area contributed by atoms with Crippen molar-refractivity contribution in [3.8, 4) is 0 Å². The van der Waals surface area contributed by atoms with Crippen molar-refractivity contribution in [2.45, 2.75) is 46.5 Å². The number of allylic oxidation sites excluding steroid dienone is 5. The van der Waals surface area contributed by atoms with Crippen LogP contribution in [-0.4, -0.2) is 0 Å². The first-order chi connectivity index (χ1) is 9.24. The van der Waals surface area contributed by atoms with Crippen molar-refractivity contribution >= 4 is 0 Å². The molecule has 0 saturated heterocycles. The summed E-state index contributed by atoms with van der Waals surface area (Å²) in [6.07, 6.45) is 8.69. The average molecular weight is 254 g/mol. The van der Waals surface area contributed by atoms with E-state index in [1.165, 1.54) is 22.3 Å². The standard InChI is InChI=1S/C17H20.C2H6/c1-4-16-14(3)13(2)9-5-6-10-15-11-7-8-12-17(15)16;1-2/h5-9,11-12,16H,3-4,10H2,1-2H3;1-2H3/b6-5-,13-9-;. The molecule has 0 N–H and O–H groups in total. The van der Waals surface area contributed by atoms with Crippen LogP contribution in [0.25, 0.3) is 0 Å². The maximum absolute atomic E-state index is 4.29. The molecule has 1 aliphatic carbocycles. The lowest BCUT2D eigenvalue weighted by molar-refractivity contribution is 0.761. The first-order valence-electron chi connectivity index (χ1n) is 7.34. The molecule has 1 atom stereocenters. The molecule has 1 aromatic rings. The summed E-state index contributed by atoms with van der Waals surface area (Å²) < 4.78 is 0. The van der Waals surface area contributed by atoms with Crippen molar-refractivity contribution in [1.29, 1.82) is 0 Å². The monoisotopic (exact) mass is 254 g/mol. The van der Waals surface area contributed by atoms with E-state index in [9.17, 15) is 0 Å². The predicted molar refractivity (Wildman–Crippen MR) is 86.6 cm³/mol. The van der Waals surface area contributed by atoms with Crippen LogP contribution in [0, 0.1) is 0 Å². The second-order valence-electron chi connectivity index (χ2n) is 4.67. The number of fused-ring (bicyclic) bond motifs is 1. The van der Waals surface area contributed by atoms with Gasteiger partial charge in [-0.25, -0.2) is 0 Å². The Bertz CT molecular complexity index is 475. The second-order valence-corrected chi connectivity index (χ2v) is 4.67. The van der Waals surface area contributed by atoms with Crippen LogP contribution in [0.3, 0.4) is 0 Å². The predicted octanol–water partition coefficient (Wildman–Crippen LogP) is 5.82. The molecule has 0 aromatic heterocycles. The van der Waals surface area contributed by atoms with Crippen molar-refractivity contribution in [1.82, 2.24) is 0 Å². The van der Waals surface area contributed by atoms with Gasteiger partial charge in [-0.3, -0.25) is 0 Å². The van der Waals surface area contributed by atoms with Gasteiger partial charge in [-0.05, 0) is 42.0 Å². The summed E-state index contributed by atoms with van der Waals surface area (Å²) in [5.74, 6) is 0.461. The summed E-state index contributed by atoms with van der Waals surface area (Å²) in [7, 11) is 0. The molecule has 0 radical (unpaired) electrons. The zero-order valence-corrected chi connectivity index (χ0v) is 12.7. The molecule has 1 aliphatic rings. The fraction of sp³-hybridized carbons (Fsp3) is 0.368. The van der Waals surface area contributed by atoms with Crippen LogP contribution >= 0.6 is 0 Å². The van der Waals surface area contributed by atoms with Crippen molar-refractivity contribution in [3.63, 3.8) is 0 Å². The van der Waals surface area contributed by atoms with Crippen LogP contribution in [-0.2, 0) is 6.42 Å². The van der Waals surface area contributed by atoms with Crippen molar-refractivity contribution < 1.29 is 0 Å². The zero-order valence-electron chi connectivity index (χ0n) is 12.7. The van der Waals surface area contributed by atoms with E-state index in [-0.39, 0.29) is 0 Å². The average Bonchev–Trinajstić information content (AvgIpc) is 2.52. The Labute approximate surface area is 118 Å². The van der Waals surface area contributed by atoms with Gasteiger partial charge in [0.2, 0.25) is 0 Å². The second kappa shape index (κ2) is 7.78. The largest absolute Gasteiger partial charge is 0.0949 e. The molecular weight excluding hydrogens is 228 g/mol. The number of hydrogen-bond acceptors (Lipinski definition) is 0. The quantitative estimate of drug-likeness (QED) is 0.592. The number of rotatable bonds is 1. The SMILES string of the molecule is C=C1/C(C)=C\C=C/Cc2ccccc2C1CC.CC. The van der Waals surface area contributed by atoms with Crippen LogP contribution in [0.1, 0.15) is 51.2 Å². The molecule has 1 unspecified atom stereocenters. The summed E-state index contributed by atoms with van der Waals surface area (Å²) in [5.41, 5.74) is 5.43. The summed E-state index contributed by atoms with van der Waals surface area (Å²) >= 11 is 0. The Morgan fingerprint density at radius 1 is 1.21 bits per heavy atom. The first-order valence-corrected chi connectivity index (χ1v) is 7.34. The maximum atomic E-state index is 4.29. The molecule has 0 heteroatoms. The normalized spacial score (nSPS) is 22.6. The minimum atomic E-state index is 0.461. The Morgan fingerprint density at radius 2 is 1.89 bits per heavy atom. The highest BCUT2D eigenvalue weighted by molar-refractivity contribution is 5.44. The Balaban J connectivity index is 0.000000861. The van der Waals surface area contributed by atoms with Gasteiger partial charge in [-0.15, -0.1) is 0 Å². The van der Waals surface area contributed by atoms with Gasteiger partial charge >= 0.3 is 0 Å². The van der Waals surface area contributed by atoms with Gasteiger partial charge in [-0.1, -0.05) is 69.8 Å². The van der Waals surface area contributed by atoms with Crippen molar-refractivity contribution in [2.24, 2.45) is 0 Å². The molecule has 2 rings (SSSR count). The lowest BCUT2D eigenvalue weighted by Gasteiger charge is -2.21. The minimum Gasteiger partial charge on any atom is -0.0949 e. The van der Waals surface area contributed by atoms with Gasteiger partial charge < -0.3 is 0 Å². The molecule has 1 aromatic carbocycles. The maximum Gasteiger partial charge on any atom is 0.00863 e. The van der Waals surface area contributed by atoms with E-state index in [1.54, 1.807) is 0 Å². The fourth-order valence-electron chi connectivity index (χ4n) is 2.50. The summed E-state index contributed by atoms with van der Waals surface area (Å²) in [6, 6.07) is 8.74. The third-order valence-electron chi connectivity index (χ3n) is 3.59. The lowest BCUT2D eigenvalue weighted by atomic mass is 9.83. The van der Waals surface area contributed by atoms with Gasteiger partial charge in [0.05, 0.1) is 0 Å². The molecule has 0 bridgehead atoms. The highest BCUT2D eigenvalue weighted by Gasteiger charge is 2.17. The molecule has 0 saturated carbocycles. The molecule has 0 nitrogen and oxygen atoms in total. The van der Waals surface area contributed by atoms with Crippen LogP contribution in [0.4, 0.5) is 0 Å². The van der Waals surface area contributed by atoms with Crippen LogP contribution < -0.4 is 0 Å². The smallest absolute Gasteiger partial charge is 0.00863 e. The number of benzene rings is 1. The zero-order chi connectivity index (χ0) is 14.3. The molecular formula is C19H26. The van der Waals surface area contributed by atoms with E-state index >= 15 is 0 Å². The Kier molecular flexibility index (Phi) is 6.35. The molecule has 0 spiro atoms.